The molecule has 1 saturated carbocycles. The summed E-state index contributed by atoms with van der Waals surface area (Å²) in [4.78, 5) is 4.65. The van der Waals surface area contributed by atoms with Crippen LogP contribution in [0.5, 0.6) is 0 Å². The Kier molecular flexibility index (Phi) is 4.23. The van der Waals surface area contributed by atoms with Crippen LogP contribution in [-0.2, 0) is 4.74 Å². The summed E-state index contributed by atoms with van der Waals surface area (Å²) in [6.07, 6.45) is 7.11. The van der Waals surface area contributed by atoms with Crippen molar-refractivity contribution in [1.82, 2.24) is 10.7 Å². The Labute approximate surface area is 103 Å². The van der Waals surface area contributed by atoms with Gasteiger partial charge in [0.1, 0.15) is 0 Å². The summed E-state index contributed by atoms with van der Waals surface area (Å²) in [5, 5.41) is 3.40. The lowest BCUT2D eigenvalue weighted by molar-refractivity contribution is 0.0366. The van der Waals surface area contributed by atoms with Gasteiger partial charge in [0.05, 0.1) is 18.2 Å². The summed E-state index contributed by atoms with van der Waals surface area (Å²) in [7, 11) is 0. The van der Waals surface area contributed by atoms with E-state index in [0.717, 1.165) is 26.1 Å². The van der Waals surface area contributed by atoms with E-state index in [0.29, 0.717) is 12.0 Å². The van der Waals surface area contributed by atoms with Gasteiger partial charge in [-0.3, -0.25) is 5.43 Å². The molecule has 2 aliphatic rings. The second-order valence-corrected chi connectivity index (χ2v) is 5.40. The van der Waals surface area contributed by atoms with Gasteiger partial charge in [0, 0.05) is 6.61 Å². The van der Waals surface area contributed by atoms with Crippen LogP contribution in [0.4, 0.5) is 0 Å². The average molecular weight is 240 g/mol. The molecule has 0 spiro atoms. The van der Waals surface area contributed by atoms with Crippen LogP contribution in [0.1, 0.15) is 45.4 Å². The van der Waals surface area contributed by atoms with Gasteiger partial charge >= 0.3 is 0 Å². The number of nitrogens with two attached hydrogens (primary N) is 1. The van der Waals surface area contributed by atoms with E-state index >= 15 is 0 Å². The van der Waals surface area contributed by atoms with Crippen molar-refractivity contribution in [3.8, 4) is 0 Å². The van der Waals surface area contributed by atoms with Crippen LogP contribution in [-0.4, -0.2) is 30.8 Å². The summed E-state index contributed by atoms with van der Waals surface area (Å²) >= 11 is 0. The van der Waals surface area contributed by atoms with Crippen LogP contribution in [0.15, 0.2) is 4.99 Å². The molecule has 0 aromatic carbocycles. The lowest BCUT2D eigenvalue weighted by Crippen LogP contribution is -2.56. The normalized spacial score (nSPS) is 31.5. The monoisotopic (exact) mass is 240 g/mol. The van der Waals surface area contributed by atoms with Gasteiger partial charge in [-0.15, -0.1) is 0 Å². The zero-order valence-electron chi connectivity index (χ0n) is 10.7. The fourth-order valence-electron chi connectivity index (χ4n) is 2.64. The van der Waals surface area contributed by atoms with E-state index < -0.39 is 0 Å². The van der Waals surface area contributed by atoms with Gasteiger partial charge in [0.2, 0.25) is 5.96 Å². The molecule has 98 valence electrons. The van der Waals surface area contributed by atoms with E-state index in [1.54, 1.807) is 0 Å². The van der Waals surface area contributed by atoms with Gasteiger partial charge in [0.15, 0.2) is 0 Å². The molecule has 1 aliphatic heterocycles. The molecule has 17 heavy (non-hydrogen) atoms. The van der Waals surface area contributed by atoms with Crippen molar-refractivity contribution in [2.24, 2.45) is 10.8 Å². The Morgan fingerprint density at radius 2 is 2.12 bits per heavy atom. The van der Waals surface area contributed by atoms with E-state index in [4.69, 9.17) is 10.6 Å². The Morgan fingerprint density at radius 3 is 2.71 bits per heavy atom. The lowest BCUT2D eigenvalue weighted by Gasteiger charge is -2.35. The average Bonchev–Trinajstić information content (AvgIpc) is 2.81. The van der Waals surface area contributed by atoms with Crippen LogP contribution in [0.3, 0.4) is 0 Å². The number of hydrogen-bond donors (Lipinski definition) is 3. The van der Waals surface area contributed by atoms with E-state index in [2.05, 4.69) is 22.7 Å². The molecule has 1 unspecified atom stereocenters. The first-order valence-corrected chi connectivity index (χ1v) is 6.62. The third kappa shape index (κ3) is 3.57. The van der Waals surface area contributed by atoms with Gasteiger partial charge in [-0.1, -0.05) is 12.8 Å². The summed E-state index contributed by atoms with van der Waals surface area (Å²) in [5.41, 5.74) is 2.65. The zero-order chi connectivity index (χ0) is 12.1. The number of aliphatic imine (C=N–C) groups is 1. The van der Waals surface area contributed by atoms with Crippen molar-refractivity contribution >= 4 is 5.96 Å². The molecule has 1 aliphatic carbocycles. The molecule has 5 heteroatoms. The third-order valence-corrected chi connectivity index (χ3v) is 3.63. The molecule has 1 saturated heterocycles. The molecule has 4 N–H and O–H groups in total. The highest BCUT2D eigenvalue weighted by molar-refractivity contribution is 5.80. The fourth-order valence-corrected chi connectivity index (χ4v) is 2.64. The van der Waals surface area contributed by atoms with Crippen molar-refractivity contribution < 1.29 is 4.74 Å². The third-order valence-electron chi connectivity index (χ3n) is 3.63. The van der Waals surface area contributed by atoms with Crippen LogP contribution in [0.2, 0.25) is 0 Å². The SMILES string of the molecule is CC1(NC(=NC2CCCC2)NN)CCCOC1. The minimum atomic E-state index is -0.0396. The Hall–Kier alpha value is -0.810. The summed E-state index contributed by atoms with van der Waals surface area (Å²) in [6, 6.07) is 0.432. The second kappa shape index (κ2) is 5.69. The molecular formula is C12H24N4O. The standard InChI is InChI=1S/C12H24N4O/c1-12(7-4-8-17-9-12)15-11(16-13)14-10-5-2-3-6-10/h10H,2-9,13H2,1H3,(H2,14,15,16). The van der Waals surface area contributed by atoms with Crippen molar-refractivity contribution in [3.05, 3.63) is 0 Å². The second-order valence-electron chi connectivity index (χ2n) is 5.40. The Bertz CT molecular complexity index is 268. The van der Waals surface area contributed by atoms with Crippen LogP contribution in [0, 0.1) is 0 Å². The number of guanidine groups is 1. The fraction of sp³-hybridized carbons (Fsp3) is 0.917. The number of hydrazine groups is 1. The lowest BCUT2D eigenvalue weighted by atomic mass is 9.95. The molecule has 0 amide bonds. The molecule has 1 heterocycles. The Morgan fingerprint density at radius 1 is 1.35 bits per heavy atom. The van der Waals surface area contributed by atoms with Gasteiger partial charge in [-0.05, 0) is 32.6 Å². The van der Waals surface area contributed by atoms with Gasteiger partial charge in [-0.2, -0.15) is 0 Å². The molecule has 0 aromatic heterocycles. The molecule has 0 aromatic rings. The maximum atomic E-state index is 5.54. The predicted molar refractivity (Wildman–Crippen MR) is 68.6 cm³/mol. The van der Waals surface area contributed by atoms with Crippen molar-refractivity contribution in [3.63, 3.8) is 0 Å². The first-order valence-electron chi connectivity index (χ1n) is 6.62. The van der Waals surface area contributed by atoms with Crippen molar-refractivity contribution in [2.45, 2.75) is 57.0 Å². The van der Waals surface area contributed by atoms with Crippen molar-refractivity contribution in [2.75, 3.05) is 13.2 Å². The number of rotatable bonds is 2. The highest BCUT2D eigenvalue weighted by Crippen LogP contribution is 2.22. The summed E-state index contributed by atoms with van der Waals surface area (Å²) in [5.74, 6) is 6.26. The maximum absolute atomic E-state index is 5.54. The highest BCUT2D eigenvalue weighted by atomic mass is 16.5. The summed E-state index contributed by atoms with van der Waals surface area (Å²) < 4.78 is 5.51. The predicted octanol–water partition coefficient (Wildman–Crippen LogP) is 0.907. The number of hydrogen-bond acceptors (Lipinski definition) is 3. The maximum Gasteiger partial charge on any atom is 0.206 e. The van der Waals surface area contributed by atoms with Crippen LogP contribution < -0.4 is 16.6 Å². The smallest absolute Gasteiger partial charge is 0.206 e. The first kappa shape index (κ1) is 12.6. The first-order chi connectivity index (χ1) is 8.22. The van der Waals surface area contributed by atoms with Crippen LogP contribution >= 0.6 is 0 Å². The van der Waals surface area contributed by atoms with Gasteiger partial charge in [-0.25, -0.2) is 10.8 Å². The van der Waals surface area contributed by atoms with Crippen molar-refractivity contribution in [1.29, 1.82) is 0 Å². The van der Waals surface area contributed by atoms with E-state index in [-0.39, 0.29) is 5.54 Å². The highest BCUT2D eigenvalue weighted by Gasteiger charge is 2.28. The number of nitrogens with zero attached hydrogens (tertiary/aromatic N) is 1. The molecule has 0 radical (unpaired) electrons. The summed E-state index contributed by atoms with van der Waals surface area (Å²) in [6.45, 7) is 3.74. The van der Waals surface area contributed by atoms with Crippen LogP contribution in [0.25, 0.3) is 0 Å². The number of nitrogens with one attached hydrogen (secondary N) is 2. The largest absolute Gasteiger partial charge is 0.379 e. The quantitative estimate of drug-likeness (QED) is 0.290. The molecule has 2 rings (SSSR count). The molecule has 0 bridgehead atoms. The number of ether oxygens (including phenoxy) is 1. The molecule has 5 nitrogen and oxygen atoms in total. The minimum absolute atomic E-state index is 0.0396. The molecule has 2 fully saturated rings. The van der Waals surface area contributed by atoms with E-state index in [1.165, 1.54) is 25.7 Å². The topological polar surface area (TPSA) is 71.7 Å². The minimum Gasteiger partial charge on any atom is -0.379 e. The van der Waals surface area contributed by atoms with E-state index in [1.807, 2.05) is 0 Å². The Balaban J connectivity index is 1.93. The van der Waals surface area contributed by atoms with Gasteiger partial charge < -0.3 is 10.1 Å². The van der Waals surface area contributed by atoms with E-state index in [9.17, 15) is 0 Å². The molecular weight excluding hydrogens is 216 g/mol. The molecule has 1 atom stereocenters. The zero-order valence-corrected chi connectivity index (χ0v) is 10.7. The van der Waals surface area contributed by atoms with Gasteiger partial charge in [0.25, 0.3) is 0 Å².